The predicted octanol–water partition coefficient (Wildman–Crippen LogP) is 1.59. The molecule has 0 aromatic heterocycles. The zero-order valence-corrected chi connectivity index (χ0v) is 12.4. The standard InChI is InChI=1S/C14H18FNO3S/c1-3-9-16(4-2)20(18,19)14-8-7-13(15)11-12(14)6-5-10-17/h7-8,11,17H,3-4,9-10H2,1-2H3. The quantitative estimate of drug-likeness (QED) is 0.840. The summed E-state index contributed by atoms with van der Waals surface area (Å²) in [4.78, 5) is -0.0323. The third-order valence-electron chi connectivity index (χ3n) is 2.69. The lowest BCUT2D eigenvalue weighted by molar-refractivity contribution is 0.350. The van der Waals surface area contributed by atoms with Gasteiger partial charge in [-0.3, -0.25) is 0 Å². The van der Waals surface area contributed by atoms with Crippen molar-refractivity contribution >= 4 is 10.0 Å². The molecule has 0 aliphatic carbocycles. The van der Waals surface area contributed by atoms with Gasteiger partial charge in [0.05, 0.1) is 4.90 Å². The maximum Gasteiger partial charge on any atom is 0.244 e. The summed E-state index contributed by atoms with van der Waals surface area (Å²) < 4.78 is 39.6. The van der Waals surface area contributed by atoms with Crippen molar-refractivity contribution in [1.82, 2.24) is 4.31 Å². The van der Waals surface area contributed by atoms with E-state index in [-0.39, 0.29) is 10.5 Å². The third kappa shape index (κ3) is 3.79. The summed E-state index contributed by atoms with van der Waals surface area (Å²) in [6.45, 7) is 3.94. The fourth-order valence-electron chi connectivity index (χ4n) is 1.80. The molecule has 0 amide bonds. The van der Waals surface area contributed by atoms with Crippen LogP contribution >= 0.6 is 0 Å². The molecule has 0 saturated carbocycles. The van der Waals surface area contributed by atoms with Crippen LogP contribution in [0.4, 0.5) is 4.39 Å². The Balaban J connectivity index is 3.37. The van der Waals surface area contributed by atoms with Crippen LogP contribution in [0.15, 0.2) is 23.1 Å². The van der Waals surface area contributed by atoms with E-state index < -0.39 is 22.4 Å². The highest BCUT2D eigenvalue weighted by molar-refractivity contribution is 7.89. The Labute approximate surface area is 119 Å². The SMILES string of the molecule is CCCN(CC)S(=O)(=O)c1ccc(F)cc1C#CCO. The average Bonchev–Trinajstić information content (AvgIpc) is 2.42. The molecule has 1 rings (SSSR count). The molecule has 20 heavy (non-hydrogen) atoms. The topological polar surface area (TPSA) is 57.6 Å². The highest BCUT2D eigenvalue weighted by Gasteiger charge is 2.25. The van der Waals surface area contributed by atoms with Gasteiger partial charge in [0, 0.05) is 18.7 Å². The summed E-state index contributed by atoms with van der Waals surface area (Å²) >= 11 is 0. The molecule has 1 N–H and O–H groups in total. The first kappa shape index (κ1) is 16.6. The van der Waals surface area contributed by atoms with E-state index in [9.17, 15) is 12.8 Å². The van der Waals surface area contributed by atoms with Crippen LogP contribution in [0.5, 0.6) is 0 Å². The van der Waals surface area contributed by atoms with E-state index in [1.165, 1.54) is 10.4 Å². The van der Waals surface area contributed by atoms with E-state index in [4.69, 9.17) is 5.11 Å². The molecule has 0 heterocycles. The van der Waals surface area contributed by atoms with Crippen LogP contribution in [-0.2, 0) is 10.0 Å². The number of sulfonamides is 1. The van der Waals surface area contributed by atoms with Crippen molar-refractivity contribution in [2.45, 2.75) is 25.2 Å². The van der Waals surface area contributed by atoms with Gasteiger partial charge in [-0.15, -0.1) is 0 Å². The lowest BCUT2D eigenvalue weighted by Crippen LogP contribution is -2.32. The molecule has 0 fully saturated rings. The van der Waals surface area contributed by atoms with Crippen molar-refractivity contribution in [2.75, 3.05) is 19.7 Å². The molecule has 0 atom stereocenters. The van der Waals surface area contributed by atoms with Gasteiger partial charge in [-0.25, -0.2) is 12.8 Å². The molecule has 0 bridgehead atoms. The smallest absolute Gasteiger partial charge is 0.244 e. The molecular formula is C14H18FNO3S. The van der Waals surface area contributed by atoms with Crippen molar-refractivity contribution in [1.29, 1.82) is 0 Å². The predicted molar refractivity (Wildman–Crippen MR) is 75.1 cm³/mol. The minimum absolute atomic E-state index is 0.0323. The van der Waals surface area contributed by atoms with Gasteiger partial charge in [-0.2, -0.15) is 4.31 Å². The van der Waals surface area contributed by atoms with Crippen LogP contribution in [0.1, 0.15) is 25.8 Å². The summed E-state index contributed by atoms with van der Waals surface area (Å²) in [6, 6.07) is 3.37. The summed E-state index contributed by atoms with van der Waals surface area (Å²) in [5, 5.41) is 8.70. The van der Waals surface area contributed by atoms with Gasteiger partial charge in [-0.1, -0.05) is 25.7 Å². The van der Waals surface area contributed by atoms with Crippen LogP contribution in [0.3, 0.4) is 0 Å². The largest absolute Gasteiger partial charge is 0.384 e. The molecule has 0 aliphatic rings. The van der Waals surface area contributed by atoms with E-state index >= 15 is 0 Å². The molecule has 4 nitrogen and oxygen atoms in total. The number of aliphatic hydroxyl groups excluding tert-OH is 1. The van der Waals surface area contributed by atoms with Crippen LogP contribution in [0.25, 0.3) is 0 Å². The van der Waals surface area contributed by atoms with Gasteiger partial charge in [0.2, 0.25) is 10.0 Å². The van der Waals surface area contributed by atoms with Gasteiger partial charge in [0.15, 0.2) is 0 Å². The minimum atomic E-state index is -3.71. The van der Waals surface area contributed by atoms with Crippen molar-refractivity contribution in [3.63, 3.8) is 0 Å². The van der Waals surface area contributed by atoms with Gasteiger partial charge >= 0.3 is 0 Å². The molecule has 0 saturated heterocycles. The molecule has 0 spiro atoms. The number of hydrogen-bond donors (Lipinski definition) is 1. The van der Waals surface area contributed by atoms with Gasteiger partial charge in [-0.05, 0) is 24.6 Å². The Morgan fingerprint density at radius 2 is 2.05 bits per heavy atom. The monoisotopic (exact) mass is 299 g/mol. The van der Waals surface area contributed by atoms with E-state index in [1.54, 1.807) is 6.92 Å². The summed E-state index contributed by atoms with van der Waals surface area (Å²) in [7, 11) is -3.71. The normalized spacial score (nSPS) is 11.2. The van der Waals surface area contributed by atoms with E-state index in [0.717, 1.165) is 12.1 Å². The number of benzene rings is 1. The first-order valence-electron chi connectivity index (χ1n) is 6.36. The van der Waals surface area contributed by atoms with Crippen molar-refractivity contribution in [3.05, 3.63) is 29.6 Å². The summed E-state index contributed by atoms with van der Waals surface area (Å²) in [5.74, 6) is 4.27. The first-order chi connectivity index (χ1) is 9.47. The van der Waals surface area contributed by atoms with Crippen LogP contribution in [-0.4, -0.2) is 37.5 Å². The third-order valence-corrected chi connectivity index (χ3v) is 4.72. The fourth-order valence-corrected chi connectivity index (χ4v) is 3.47. The summed E-state index contributed by atoms with van der Waals surface area (Å²) in [5.41, 5.74) is 0.0635. The molecule has 6 heteroatoms. The summed E-state index contributed by atoms with van der Waals surface area (Å²) in [6.07, 6.45) is 0.686. The van der Waals surface area contributed by atoms with E-state index in [2.05, 4.69) is 11.8 Å². The van der Waals surface area contributed by atoms with Gasteiger partial charge in [0.1, 0.15) is 12.4 Å². The molecule has 0 radical (unpaired) electrons. The molecular weight excluding hydrogens is 281 g/mol. The Morgan fingerprint density at radius 1 is 1.35 bits per heavy atom. The Hall–Kier alpha value is -1.42. The molecule has 1 aromatic carbocycles. The molecule has 1 aromatic rings. The zero-order chi connectivity index (χ0) is 15.2. The lowest BCUT2D eigenvalue weighted by atomic mass is 10.2. The fraction of sp³-hybridized carbons (Fsp3) is 0.429. The van der Waals surface area contributed by atoms with Gasteiger partial charge < -0.3 is 5.11 Å². The Bertz CT molecular complexity index is 617. The Kier molecular flexibility index (Phi) is 6.14. The average molecular weight is 299 g/mol. The van der Waals surface area contributed by atoms with Crippen molar-refractivity contribution in [3.8, 4) is 11.8 Å². The number of halogens is 1. The van der Waals surface area contributed by atoms with Gasteiger partial charge in [0.25, 0.3) is 0 Å². The maximum absolute atomic E-state index is 13.3. The second kappa shape index (κ2) is 7.39. The highest BCUT2D eigenvalue weighted by atomic mass is 32.2. The van der Waals surface area contributed by atoms with E-state index in [1.807, 2.05) is 6.92 Å². The second-order valence-electron chi connectivity index (χ2n) is 4.10. The minimum Gasteiger partial charge on any atom is -0.384 e. The second-order valence-corrected chi connectivity index (χ2v) is 6.00. The van der Waals surface area contributed by atoms with Crippen LogP contribution < -0.4 is 0 Å². The van der Waals surface area contributed by atoms with Crippen LogP contribution in [0, 0.1) is 17.7 Å². The van der Waals surface area contributed by atoms with Crippen molar-refractivity contribution in [2.24, 2.45) is 0 Å². The van der Waals surface area contributed by atoms with Crippen LogP contribution in [0.2, 0.25) is 0 Å². The molecule has 110 valence electrons. The molecule has 0 unspecified atom stereocenters. The first-order valence-corrected chi connectivity index (χ1v) is 7.80. The number of rotatable bonds is 5. The van der Waals surface area contributed by atoms with Crippen molar-refractivity contribution < 1.29 is 17.9 Å². The number of hydrogen-bond acceptors (Lipinski definition) is 3. The molecule has 0 aliphatic heterocycles. The number of aliphatic hydroxyl groups is 1. The zero-order valence-electron chi connectivity index (χ0n) is 11.6. The number of nitrogens with zero attached hydrogens (tertiary/aromatic N) is 1. The highest BCUT2D eigenvalue weighted by Crippen LogP contribution is 2.21. The maximum atomic E-state index is 13.3. The van der Waals surface area contributed by atoms with E-state index in [0.29, 0.717) is 19.5 Å². The lowest BCUT2D eigenvalue weighted by Gasteiger charge is -2.20. The Morgan fingerprint density at radius 3 is 2.60 bits per heavy atom.